The molecule has 5 heteroatoms. The fraction of sp³-hybridized carbons (Fsp3) is 0.941. The van der Waals surface area contributed by atoms with Crippen LogP contribution in [0.1, 0.15) is 40.0 Å². The van der Waals surface area contributed by atoms with Gasteiger partial charge < -0.3 is 15.4 Å². The van der Waals surface area contributed by atoms with E-state index in [1.54, 1.807) is 0 Å². The maximum Gasteiger partial charge on any atom is 0.191 e. The van der Waals surface area contributed by atoms with Crippen molar-refractivity contribution in [3.05, 3.63) is 0 Å². The van der Waals surface area contributed by atoms with Crippen molar-refractivity contribution in [1.82, 2.24) is 10.6 Å². The second kappa shape index (κ2) is 7.00. The van der Waals surface area contributed by atoms with Crippen LogP contribution in [0.15, 0.2) is 4.99 Å². The van der Waals surface area contributed by atoms with Crippen LogP contribution in [0.5, 0.6) is 0 Å². The largest absolute Gasteiger partial charge is 0.377 e. The van der Waals surface area contributed by atoms with Crippen LogP contribution < -0.4 is 10.6 Å². The highest BCUT2D eigenvalue weighted by Gasteiger charge is 2.59. The third kappa shape index (κ3) is 3.25. The van der Waals surface area contributed by atoms with E-state index in [1.165, 1.54) is 30.8 Å². The third-order valence-electron chi connectivity index (χ3n) is 5.59. The molecule has 2 N–H and O–H groups in total. The van der Waals surface area contributed by atoms with Crippen LogP contribution in [0, 0.1) is 17.3 Å². The predicted molar refractivity (Wildman–Crippen MR) is 94.6 cm³/mol. The first-order chi connectivity index (χ1) is 10.6. The van der Waals surface area contributed by atoms with Crippen LogP contribution in [0.4, 0.5) is 0 Å². The van der Waals surface area contributed by atoms with Crippen molar-refractivity contribution in [1.29, 1.82) is 0 Å². The van der Waals surface area contributed by atoms with Gasteiger partial charge in [0.15, 0.2) is 5.96 Å². The molecule has 22 heavy (non-hydrogen) atoms. The number of aliphatic imine (C=N–C) groups is 1. The van der Waals surface area contributed by atoms with Gasteiger partial charge in [-0.3, -0.25) is 4.99 Å². The Kier molecular flexibility index (Phi) is 5.23. The first kappa shape index (κ1) is 16.4. The topological polar surface area (TPSA) is 45.7 Å². The molecule has 0 radical (unpaired) electrons. The molecule has 0 spiro atoms. The SMILES string of the molecule is CCNC(=NCC1CCSCC1)NC1C2CCOC2C1(C)C. The van der Waals surface area contributed by atoms with Crippen molar-refractivity contribution in [3.8, 4) is 0 Å². The zero-order valence-electron chi connectivity index (χ0n) is 14.2. The predicted octanol–water partition coefficient (Wildman–Crippen LogP) is 2.50. The molecule has 1 saturated carbocycles. The molecule has 1 aliphatic carbocycles. The van der Waals surface area contributed by atoms with Crippen LogP contribution in [-0.4, -0.2) is 49.3 Å². The molecule has 3 fully saturated rings. The van der Waals surface area contributed by atoms with Crippen LogP contribution >= 0.6 is 11.8 Å². The smallest absolute Gasteiger partial charge is 0.191 e. The molecule has 0 aromatic carbocycles. The molecular weight excluding hydrogens is 294 g/mol. The molecule has 2 aliphatic heterocycles. The highest BCUT2D eigenvalue weighted by molar-refractivity contribution is 7.99. The van der Waals surface area contributed by atoms with Gasteiger partial charge in [-0.05, 0) is 43.6 Å². The lowest BCUT2D eigenvalue weighted by atomic mass is 9.57. The van der Waals surface area contributed by atoms with Gasteiger partial charge in [0.1, 0.15) is 0 Å². The van der Waals surface area contributed by atoms with E-state index in [4.69, 9.17) is 9.73 Å². The van der Waals surface area contributed by atoms with Gasteiger partial charge in [-0.25, -0.2) is 0 Å². The Morgan fingerprint density at radius 2 is 2.05 bits per heavy atom. The molecule has 2 saturated heterocycles. The monoisotopic (exact) mass is 325 g/mol. The van der Waals surface area contributed by atoms with Crippen molar-refractivity contribution in [2.75, 3.05) is 31.2 Å². The van der Waals surface area contributed by atoms with E-state index in [1.807, 2.05) is 0 Å². The average molecular weight is 326 g/mol. The first-order valence-electron chi connectivity index (χ1n) is 8.87. The van der Waals surface area contributed by atoms with Crippen LogP contribution in [0.3, 0.4) is 0 Å². The normalized spacial score (nSPS) is 34.9. The molecule has 3 rings (SSSR count). The molecule has 3 unspecified atom stereocenters. The Labute approximate surface area is 139 Å². The summed E-state index contributed by atoms with van der Waals surface area (Å²) >= 11 is 2.08. The van der Waals surface area contributed by atoms with E-state index in [0.29, 0.717) is 18.1 Å². The summed E-state index contributed by atoms with van der Waals surface area (Å²) in [4.78, 5) is 4.88. The second-order valence-electron chi connectivity index (χ2n) is 7.46. The summed E-state index contributed by atoms with van der Waals surface area (Å²) < 4.78 is 5.89. The summed E-state index contributed by atoms with van der Waals surface area (Å²) in [5, 5.41) is 7.14. The fourth-order valence-electron chi connectivity index (χ4n) is 4.23. The Morgan fingerprint density at radius 3 is 2.77 bits per heavy atom. The summed E-state index contributed by atoms with van der Waals surface area (Å²) in [6.45, 7) is 9.59. The van der Waals surface area contributed by atoms with E-state index in [9.17, 15) is 0 Å². The van der Waals surface area contributed by atoms with Crippen molar-refractivity contribution in [3.63, 3.8) is 0 Å². The summed E-state index contributed by atoms with van der Waals surface area (Å²) in [6.07, 6.45) is 4.26. The van der Waals surface area contributed by atoms with E-state index in [-0.39, 0.29) is 5.41 Å². The first-order valence-corrected chi connectivity index (χ1v) is 10.0. The van der Waals surface area contributed by atoms with Crippen molar-refractivity contribution >= 4 is 17.7 Å². The molecule has 3 atom stereocenters. The minimum atomic E-state index is 0.207. The lowest BCUT2D eigenvalue weighted by Gasteiger charge is -2.55. The van der Waals surface area contributed by atoms with Gasteiger partial charge >= 0.3 is 0 Å². The summed E-state index contributed by atoms with van der Waals surface area (Å²) in [5.41, 5.74) is 0.207. The molecule has 0 amide bonds. The number of rotatable bonds is 4. The minimum Gasteiger partial charge on any atom is -0.377 e. The molecule has 4 nitrogen and oxygen atoms in total. The Morgan fingerprint density at radius 1 is 1.27 bits per heavy atom. The van der Waals surface area contributed by atoms with E-state index >= 15 is 0 Å². The van der Waals surface area contributed by atoms with Gasteiger partial charge in [0.25, 0.3) is 0 Å². The molecule has 0 bridgehead atoms. The zero-order valence-corrected chi connectivity index (χ0v) is 15.0. The number of nitrogens with one attached hydrogen (secondary N) is 2. The van der Waals surface area contributed by atoms with Gasteiger partial charge in [-0.2, -0.15) is 11.8 Å². The fourth-order valence-corrected chi connectivity index (χ4v) is 5.44. The summed E-state index contributed by atoms with van der Waals surface area (Å²) in [5.74, 6) is 5.05. The van der Waals surface area contributed by atoms with Gasteiger partial charge in [-0.1, -0.05) is 13.8 Å². The van der Waals surface area contributed by atoms with Crippen LogP contribution in [0.25, 0.3) is 0 Å². The molecule has 0 aromatic heterocycles. The van der Waals surface area contributed by atoms with Crippen LogP contribution in [-0.2, 0) is 4.74 Å². The van der Waals surface area contributed by atoms with E-state index in [2.05, 4.69) is 43.2 Å². The van der Waals surface area contributed by atoms with Crippen molar-refractivity contribution in [2.24, 2.45) is 22.2 Å². The van der Waals surface area contributed by atoms with Crippen LogP contribution in [0.2, 0.25) is 0 Å². The Balaban J connectivity index is 1.59. The van der Waals surface area contributed by atoms with Crippen molar-refractivity contribution < 1.29 is 4.74 Å². The van der Waals surface area contributed by atoms with Crippen molar-refractivity contribution in [2.45, 2.75) is 52.2 Å². The number of guanidine groups is 1. The number of fused-ring (bicyclic) bond motifs is 1. The van der Waals surface area contributed by atoms with E-state index in [0.717, 1.165) is 31.6 Å². The Bertz CT molecular complexity index is 407. The summed E-state index contributed by atoms with van der Waals surface area (Å²) in [7, 11) is 0. The van der Waals surface area contributed by atoms with E-state index < -0.39 is 0 Å². The maximum atomic E-state index is 5.89. The number of thioether (sulfide) groups is 1. The molecule has 2 heterocycles. The third-order valence-corrected chi connectivity index (χ3v) is 6.63. The maximum absolute atomic E-state index is 5.89. The Hall–Kier alpha value is -0.420. The number of hydrogen-bond acceptors (Lipinski definition) is 3. The molecule has 0 aromatic rings. The number of nitrogens with zero attached hydrogens (tertiary/aromatic N) is 1. The number of ether oxygens (including phenoxy) is 1. The highest BCUT2D eigenvalue weighted by Crippen LogP contribution is 2.52. The lowest BCUT2D eigenvalue weighted by Crippen LogP contribution is -2.68. The molecule has 126 valence electrons. The highest BCUT2D eigenvalue weighted by atomic mass is 32.2. The molecular formula is C17H31N3OS. The standard InChI is InChI=1S/C17H31N3OS/c1-4-18-16(19-11-12-6-9-22-10-7-12)20-14-13-5-8-21-15(13)17(14,2)3/h12-15H,4-11H2,1-3H3,(H2,18,19,20). The van der Waals surface area contributed by atoms with Gasteiger partial charge in [0.05, 0.1) is 6.10 Å². The minimum absolute atomic E-state index is 0.207. The number of hydrogen-bond donors (Lipinski definition) is 2. The zero-order chi connectivity index (χ0) is 15.6. The quantitative estimate of drug-likeness (QED) is 0.616. The second-order valence-corrected chi connectivity index (χ2v) is 8.69. The van der Waals surface area contributed by atoms with Gasteiger partial charge in [-0.15, -0.1) is 0 Å². The lowest BCUT2D eigenvalue weighted by molar-refractivity contribution is -0.106. The van der Waals surface area contributed by atoms with Gasteiger partial charge in [0, 0.05) is 37.1 Å². The average Bonchev–Trinajstić information content (AvgIpc) is 2.98. The summed E-state index contributed by atoms with van der Waals surface area (Å²) in [6, 6.07) is 0.486. The molecule has 3 aliphatic rings. The van der Waals surface area contributed by atoms with Gasteiger partial charge in [0.2, 0.25) is 0 Å².